The Morgan fingerprint density at radius 2 is 1.91 bits per heavy atom. The minimum absolute atomic E-state index is 0.156. The van der Waals surface area contributed by atoms with Gasteiger partial charge in [0.1, 0.15) is 23.9 Å². The summed E-state index contributed by atoms with van der Waals surface area (Å²) in [7, 11) is 0. The largest absolute Gasteiger partial charge is 0.488 e. The van der Waals surface area contributed by atoms with E-state index in [1.165, 1.54) is 18.3 Å². The summed E-state index contributed by atoms with van der Waals surface area (Å²) in [6, 6.07) is 13.1. The van der Waals surface area contributed by atoms with Crippen molar-refractivity contribution in [3.63, 3.8) is 0 Å². The molecule has 166 valence electrons. The summed E-state index contributed by atoms with van der Waals surface area (Å²) in [5, 5.41) is 15.0. The number of hydrogen-bond donors (Lipinski definition) is 1. The van der Waals surface area contributed by atoms with E-state index in [0.717, 1.165) is 12.1 Å². The number of nitrogens with one attached hydrogen (secondary N) is 1. The fraction of sp³-hybridized carbons (Fsp3) is 0.0952. The van der Waals surface area contributed by atoms with E-state index in [9.17, 15) is 27.7 Å². The van der Waals surface area contributed by atoms with Gasteiger partial charge in [-0.25, -0.2) is 4.39 Å². The second-order valence-corrected chi connectivity index (χ2v) is 7.32. The van der Waals surface area contributed by atoms with Crippen molar-refractivity contribution in [2.75, 3.05) is 5.43 Å². The van der Waals surface area contributed by atoms with Gasteiger partial charge in [0.15, 0.2) is 0 Å². The zero-order valence-corrected chi connectivity index (χ0v) is 17.7. The van der Waals surface area contributed by atoms with Gasteiger partial charge in [0.2, 0.25) is 0 Å². The average molecular weight is 512 g/mol. The third kappa shape index (κ3) is 6.03. The van der Waals surface area contributed by atoms with Gasteiger partial charge in [-0.05, 0) is 69.5 Å². The van der Waals surface area contributed by atoms with Crippen LogP contribution in [0.5, 0.6) is 5.75 Å². The van der Waals surface area contributed by atoms with Crippen molar-refractivity contribution in [1.29, 1.82) is 0 Å². The third-order valence-electron chi connectivity index (χ3n) is 4.16. The maximum Gasteiger partial charge on any atom is 0.416 e. The summed E-state index contributed by atoms with van der Waals surface area (Å²) in [6.07, 6.45) is -3.36. The van der Waals surface area contributed by atoms with Crippen LogP contribution in [0.3, 0.4) is 0 Å². The molecule has 32 heavy (non-hydrogen) atoms. The number of alkyl halides is 3. The number of anilines is 1. The highest BCUT2D eigenvalue weighted by Crippen LogP contribution is 2.35. The molecule has 0 bridgehead atoms. The first-order valence-corrected chi connectivity index (χ1v) is 9.74. The lowest BCUT2D eigenvalue weighted by molar-refractivity contribution is -0.384. The smallest absolute Gasteiger partial charge is 0.416 e. The Labute approximate surface area is 187 Å². The molecule has 0 amide bonds. The Morgan fingerprint density at radius 1 is 1.12 bits per heavy atom. The Hall–Kier alpha value is -3.47. The molecule has 0 aliphatic carbocycles. The maximum absolute atomic E-state index is 13.2. The van der Waals surface area contributed by atoms with Crippen molar-refractivity contribution in [2.24, 2.45) is 5.10 Å². The van der Waals surface area contributed by atoms with Crippen LogP contribution in [0.4, 0.5) is 28.9 Å². The Morgan fingerprint density at radius 3 is 2.56 bits per heavy atom. The number of ether oxygens (including phenoxy) is 1. The number of nitrogens with zero attached hydrogens (tertiary/aromatic N) is 2. The van der Waals surface area contributed by atoms with Crippen LogP contribution in [-0.4, -0.2) is 11.1 Å². The van der Waals surface area contributed by atoms with Crippen molar-refractivity contribution >= 4 is 33.5 Å². The van der Waals surface area contributed by atoms with Gasteiger partial charge in [-0.3, -0.25) is 15.5 Å². The normalized spacial score (nSPS) is 11.5. The van der Waals surface area contributed by atoms with Crippen LogP contribution in [0, 0.1) is 15.9 Å². The first-order valence-electron chi connectivity index (χ1n) is 8.95. The van der Waals surface area contributed by atoms with Gasteiger partial charge in [0, 0.05) is 6.07 Å². The predicted octanol–water partition coefficient (Wildman–Crippen LogP) is 6.54. The van der Waals surface area contributed by atoms with Crippen LogP contribution in [0.15, 0.2) is 70.2 Å². The average Bonchev–Trinajstić information content (AvgIpc) is 2.72. The van der Waals surface area contributed by atoms with Gasteiger partial charge in [-0.1, -0.05) is 12.1 Å². The van der Waals surface area contributed by atoms with Crippen molar-refractivity contribution in [2.45, 2.75) is 12.8 Å². The van der Waals surface area contributed by atoms with E-state index >= 15 is 0 Å². The lowest BCUT2D eigenvalue weighted by atomic mass is 10.1. The van der Waals surface area contributed by atoms with Gasteiger partial charge in [0.25, 0.3) is 5.69 Å². The molecule has 0 heterocycles. The SMILES string of the molecule is O=[N+]([O-])c1cc(C(F)(F)F)ccc1N/N=C\c1ccc(OCc2cccc(F)c2)c(Br)c1. The molecule has 0 unspecified atom stereocenters. The van der Waals surface area contributed by atoms with Crippen molar-refractivity contribution in [3.8, 4) is 5.75 Å². The lowest BCUT2D eigenvalue weighted by Gasteiger charge is -2.09. The summed E-state index contributed by atoms with van der Waals surface area (Å²) in [5.41, 5.74) is 1.56. The molecule has 11 heteroatoms. The maximum atomic E-state index is 13.2. The van der Waals surface area contributed by atoms with Crippen molar-refractivity contribution < 1.29 is 27.2 Å². The van der Waals surface area contributed by atoms with E-state index < -0.39 is 22.4 Å². The molecule has 0 radical (unpaired) electrons. The number of benzene rings is 3. The van der Waals surface area contributed by atoms with E-state index in [0.29, 0.717) is 27.4 Å². The second-order valence-electron chi connectivity index (χ2n) is 6.47. The van der Waals surface area contributed by atoms with E-state index in [2.05, 4.69) is 26.5 Å². The zero-order chi connectivity index (χ0) is 23.3. The number of nitro groups is 1. The predicted molar refractivity (Wildman–Crippen MR) is 114 cm³/mol. The monoisotopic (exact) mass is 511 g/mol. The molecule has 0 atom stereocenters. The van der Waals surface area contributed by atoms with Gasteiger partial charge >= 0.3 is 6.18 Å². The molecule has 3 aromatic carbocycles. The standard InChI is InChI=1S/C21H14BrF4N3O3/c22-17-9-13(4-7-20(17)32-12-14-2-1-3-16(23)8-14)11-27-28-18-6-5-15(21(24,25)26)10-19(18)29(30)31/h1-11,28H,12H2/b27-11-. The van der Waals surface area contributed by atoms with Gasteiger partial charge < -0.3 is 4.74 Å². The molecular weight excluding hydrogens is 498 g/mol. The van der Waals surface area contributed by atoms with Crippen LogP contribution in [0.1, 0.15) is 16.7 Å². The molecule has 0 fully saturated rings. The first-order chi connectivity index (χ1) is 15.1. The van der Waals surface area contributed by atoms with Crippen LogP contribution in [0.25, 0.3) is 0 Å². The summed E-state index contributed by atoms with van der Waals surface area (Å²) < 4.78 is 57.8. The van der Waals surface area contributed by atoms with E-state index in [1.807, 2.05) is 0 Å². The van der Waals surface area contributed by atoms with Crippen LogP contribution in [-0.2, 0) is 12.8 Å². The summed E-state index contributed by atoms with van der Waals surface area (Å²) >= 11 is 3.35. The highest BCUT2D eigenvalue weighted by molar-refractivity contribution is 9.10. The molecule has 6 nitrogen and oxygen atoms in total. The van der Waals surface area contributed by atoms with Crippen molar-refractivity contribution in [3.05, 3.63) is 97.8 Å². The quantitative estimate of drug-likeness (QED) is 0.169. The lowest BCUT2D eigenvalue weighted by Crippen LogP contribution is -2.06. The van der Waals surface area contributed by atoms with Crippen LogP contribution >= 0.6 is 15.9 Å². The Balaban J connectivity index is 1.68. The first kappa shape index (κ1) is 23.2. The van der Waals surface area contributed by atoms with E-state index in [4.69, 9.17) is 4.74 Å². The topological polar surface area (TPSA) is 76.8 Å². The molecule has 0 aliphatic heterocycles. The number of rotatable bonds is 7. The van der Waals surface area contributed by atoms with E-state index in [-0.39, 0.29) is 18.1 Å². The minimum Gasteiger partial charge on any atom is -0.488 e. The highest BCUT2D eigenvalue weighted by atomic mass is 79.9. The Bertz CT molecular complexity index is 1170. The highest BCUT2D eigenvalue weighted by Gasteiger charge is 2.33. The third-order valence-corrected chi connectivity index (χ3v) is 4.78. The second kappa shape index (κ2) is 9.77. The van der Waals surface area contributed by atoms with E-state index in [1.54, 1.807) is 30.3 Å². The van der Waals surface area contributed by atoms with Gasteiger partial charge in [0.05, 0.1) is 21.2 Å². The molecule has 0 saturated carbocycles. The van der Waals surface area contributed by atoms with Gasteiger partial charge in [-0.2, -0.15) is 18.3 Å². The minimum atomic E-state index is -4.70. The van der Waals surface area contributed by atoms with Crippen molar-refractivity contribution in [1.82, 2.24) is 0 Å². The molecule has 0 aromatic heterocycles. The fourth-order valence-electron chi connectivity index (χ4n) is 2.63. The Kier molecular flexibility index (Phi) is 7.08. The molecule has 0 aliphatic rings. The molecular formula is C21H14BrF4N3O3. The molecule has 0 saturated heterocycles. The molecule has 3 rings (SSSR count). The molecule has 0 spiro atoms. The number of halogens is 5. The summed E-state index contributed by atoms with van der Waals surface area (Å²) in [5.74, 6) is 0.134. The van der Waals surface area contributed by atoms with Gasteiger partial charge in [-0.15, -0.1) is 0 Å². The van der Waals surface area contributed by atoms with Crippen LogP contribution in [0.2, 0.25) is 0 Å². The fourth-order valence-corrected chi connectivity index (χ4v) is 3.14. The molecule has 3 aromatic rings. The molecule has 1 N–H and O–H groups in total. The summed E-state index contributed by atoms with van der Waals surface area (Å²) in [4.78, 5) is 10.2. The number of hydrazone groups is 1. The number of nitro benzene ring substituents is 1. The number of hydrogen-bond acceptors (Lipinski definition) is 5. The summed E-state index contributed by atoms with van der Waals surface area (Å²) in [6.45, 7) is 0.156. The zero-order valence-electron chi connectivity index (χ0n) is 16.1. The van der Waals surface area contributed by atoms with Crippen LogP contribution < -0.4 is 10.2 Å².